The van der Waals surface area contributed by atoms with Gasteiger partial charge in [0, 0.05) is 16.8 Å². The first kappa shape index (κ1) is 37.5. The first-order chi connectivity index (χ1) is 24.5. The molecule has 2 amide bonds. The summed E-state index contributed by atoms with van der Waals surface area (Å²) in [5.74, 6) is 0.515. The number of azo groups is 1. The third kappa shape index (κ3) is 8.59. The predicted octanol–water partition coefficient (Wildman–Crippen LogP) is 9.12. The number of amides is 2. The van der Waals surface area contributed by atoms with Crippen molar-refractivity contribution in [1.82, 2.24) is 5.43 Å². The van der Waals surface area contributed by atoms with Gasteiger partial charge >= 0.3 is 0 Å². The van der Waals surface area contributed by atoms with Crippen molar-refractivity contribution in [2.45, 2.75) is 38.8 Å². The van der Waals surface area contributed by atoms with Crippen molar-refractivity contribution in [3.05, 3.63) is 92.4 Å². The molecule has 1 heterocycles. The molecular weight excluding hydrogens is 742 g/mol. The van der Waals surface area contributed by atoms with Crippen LogP contribution in [-0.4, -0.2) is 49.1 Å². The lowest BCUT2D eigenvalue weighted by Gasteiger charge is -2.19. The molecule has 0 spiro atoms. The van der Waals surface area contributed by atoms with Crippen molar-refractivity contribution >= 4 is 86.8 Å². The van der Waals surface area contributed by atoms with Crippen LogP contribution in [0.2, 0.25) is 20.1 Å². The molecule has 0 aliphatic carbocycles. The number of phenols is 1. The molecule has 1 saturated heterocycles. The zero-order valence-electron chi connectivity index (χ0n) is 27.7. The Labute approximate surface area is 313 Å². The number of carbonyl (C=O) groups is 2. The number of hydrogen-bond acceptors (Lipinski definition) is 9. The van der Waals surface area contributed by atoms with Crippen LogP contribution in [-0.2, 0) is 16.0 Å². The third-order valence-corrected chi connectivity index (χ3v) is 8.74. The highest BCUT2D eigenvalue weighted by molar-refractivity contribution is 6.43. The van der Waals surface area contributed by atoms with Crippen LogP contribution in [0.25, 0.3) is 0 Å². The molecule has 4 aromatic rings. The van der Waals surface area contributed by atoms with Gasteiger partial charge in [-0.25, -0.2) is 10.0 Å². The molecule has 0 bridgehead atoms. The van der Waals surface area contributed by atoms with Crippen molar-refractivity contribution in [2.24, 2.45) is 15.2 Å². The van der Waals surface area contributed by atoms with Crippen LogP contribution in [0, 0.1) is 0 Å². The topological polar surface area (TPSA) is 146 Å². The molecule has 266 valence electrons. The maximum atomic E-state index is 13.9. The molecular formula is C35H32Cl4N6O6. The number of aromatic hydroxyl groups is 1. The fraction of sp³-hybridized carbons (Fsp3) is 0.229. The second kappa shape index (κ2) is 16.5. The number of methoxy groups -OCH3 is 2. The molecule has 2 unspecified atom stereocenters. The van der Waals surface area contributed by atoms with Crippen molar-refractivity contribution < 1.29 is 28.9 Å². The molecule has 0 saturated carbocycles. The van der Waals surface area contributed by atoms with Gasteiger partial charge in [-0.1, -0.05) is 60.3 Å². The number of hydrogen-bond donors (Lipinski definition) is 3. The Kier molecular flexibility index (Phi) is 12.1. The lowest BCUT2D eigenvalue weighted by atomic mass is 10.1. The number of hydrazine groups is 1. The van der Waals surface area contributed by atoms with E-state index in [1.807, 2.05) is 13.8 Å². The summed E-state index contributed by atoms with van der Waals surface area (Å²) in [6.45, 7) is 3.72. The summed E-state index contributed by atoms with van der Waals surface area (Å²) in [6.07, 6.45) is 0.113. The molecule has 4 aromatic carbocycles. The molecule has 0 aromatic heterocycles. The van der Waals surface area contributed by atoms with Gasteiger partial charge in [-0.15, -0.1) is 0 Å². The summed E-state index contributed by atoms with van der Waals surface area (Å²) in [5.41, 5.74) is 4.68. The van der Waals surface area contributed by atoms with Gasteiger partial charge in [0.1, 0.15) is 17.2 Å². The van der Waals surface area contributed by atoms with Crippen molar-refractivity contribution in [1.29, 1.82) is 0 Å². The van der Waals surface area contributed by atoms with Gasteiger partial charge in [0.25, 0.3) is 11.8 Å². The number of ether oxygens (including phenoxy) is 3. The Morgan fingerprint density at radius 3 is 2.33 bits per heavy atom. The van der Waals surface area contributed by atoms with Gasteiger partial charge < -0.3 is 24.6 Å². The Balaban J connectivity index is 1.46. The van der Waals surface area contributed by atoms with Gasteiger partial charge in [0.15, 0.2) is 23.4 Å². The first-order valence-corrected chi connectivity index (χ1v) is 17.0. The molecule has 3 N–H and O–H groups in total. The summed E-state index contributed by atoms with van der Waals surface area (Å²) < 4.78 is 16.6. The summed E-state index contributed by atoms with van der Waals surface area (Å²) in [6, 6.07) is 16.0. The highest BCUT2D eigenvalue weighted by atomic mass is 35.5. The number of halogens is 4. The minimum Gasteiger partial charge on any atom is -0.508 e. The van der Waals surface area contributed by atoms with E-state index in [0.29, 0.717) is 47.0 Å². The number of rotatable bonds is 12. The van der Waals surface area contributed by atoms with Gasteiger partial charge in [-0.05, 0) is 79.1 Å². The van der Waals surface area contributed by atoms with Gasteiger partial charge in [0.05, 0.1) is 40.7 Å². The number of anilines is 2. The zero-order chi connectivity index (χ0) is 36.8. The molecule has 1 aliphatic rings. The first-order valence-electron chi connectivity index (χ1n) is 15.5. The number of aliphatic imine (C=N–C) groups is 1. The highest BCUT2D eigenvalue weighted by Gasteiger charge is 2.41. The van der Waals surface area contributed by atoms with Gasteiger partial charge in [0.2, 0.25) is 6.04 Å². The maximum Gasteiger partial charge on any atom is 0.280 e. The Hall–Kier alpha value is -4.75. The van der Waals surface area contributed by atoms with Gasteiger partial charge in [-0.2, -0.15) is 10.2 Å². The van der Waals surface area contributed by atoms with Crippen LogP contribution in [0.4, 0.5) is 22.7 Å². The van der Waals surface area contributed by atoms with E-state index in [-0.39, 0.29) is 43.1 Å². The lowest BCUT2D eigenvalue weighted by Crippen LogP contribution is -2.36. The predicted molar refractivity (Wildman–Crippen MR) is 199 cm³/mol. The number of carbonyl (C=O) groups excluding carboxylic acids is 2. The number of benzene rings is 4. The zero-order valence-corrected chi connectivity index (χ0v) is 30.7. The van der Waals surface area contributed by atoms with Crippen LogP contribution in [0.1, 0.15) is 25.8 Å². The highest BCUT2D eigenvalue weighted by Crippen LogP contribution is 2.39. The van der Waals surface area contributed by atoms with Crippen molar-refractivity contribution in [2.75, 3.05) is 24.5 Å². The summed E-state index contributed by atoms with van der Waals surface area (Å²) in [4.78, 5) is 31.8. The number of phenolic OH excluding ortho intramolecular Hbond substituents is 1. The number of amidine groups is 1. The number of nitrogens with zero attached hydrogens (tertiary/aromatic N) is 4. The second-order valence-electron chi connectivity index (χ2n) is 11.0. The molecule has 1 aliphatic heterocycles. The van der Waals surface area contributed by atoms with Crippen LogP contribution in [0.3, 0.4) is 0 Å². The van der Waals surface area contributed by atoms with Crippen molar-refractivity contribution in [3.8, 4) is 23.0 Å². The fourth-order valence-corrected chi connectivity index (χ4v) is 6.17. The van der Waals surface area contributed by atoms with E-state index in [2.05, 4.69) is 26.0 Å². The van der Waals surface area contributed by atoms with E-state index in [9.17, 15) is 14.7 Å². The normalized spacial score (nSPS) is 15.6. The molecule has 5 rings (SSSR count). The van der Waals surface area contributed by atoms with E-state index >= 15 is 0 Å². The average Bonchev–Trinajstić information content (AvgIpc) is 3.40. The third-order valence-electron chi connectivity index (χ3n) is 7.63. The number of aryl methyl sites for hydroxylation is 1. The van der Waals surface area contributed by atoms with E-state index in [4.69, 9.17) is 60.6 Å². The van der Waals surface area contributed by atoms with Crippen LogP contribution < -0.4 is 30.0 Å². The minimum atomic E-state index is -1.30. The van der Waals surface area contributed by atoms with Crippen molar-refractivity contribution in [3.63, 3.8) is 0 Å². The molecule has 12 nitrogen and oxygen atoms in total. The van der Waals surface area contributed by atoms with Crippen LogP contribution in [0.15, 0.2) is 82.0 Å². The molecule has 16 heteroatoms. The minimum absolute atomic E-state index is 0.0329. The maximum absolute atomic E-state index is 13.9. The fourth-order valence-electron chi connectivity index (χ4n) is 5.02. The van der Waals surface area contributed by atoms with E-state index in [1.165, 1.54) is 38.5 Å². The smallest absolute Gasteiger partial charge is 0.280 e. The standard InChI is InChI=1S/C35H32Cl4N6O6/c1-5-18-13-22(9-11-27(18)46)51-28(6-2)34(47)40-20-7-10-23(37)26(16-20)41-33-31(43-42-21-8-12-29(49-3)30(17-21)50-4)35(48)45(44-33)32-24(38)14-19(36)15-25(32)39/h7-17,28,31,46H,5-6H2,1-4H3,(H,40,47)(H,41,44). The summed E-state index contributed by atoms with van der Waals surface area (Å²) in [5, 5.41) is 23.2. The average molecular weight is 774 g/mol. The van der Waals surface area contributed by atoms with Crippen LogP contribution >= 0.6 is 46.4 Å². The Bertz CT molecular complexity index is 2000. The lowest BCUT2D eigenvalue weighted by molar-refractivity contribution is -0.122. The van der Waals surface area contributed by atoms with E-state index < -0.39 is 24.0 Å². The quantitative estimate of drug-likeness (QED) is 0.122. The molecule has 0 radical (unpaired) electrons. The molecule has 2 atom stereocenters. The SMILES string of the molecule is CCc1cc(OC(CC)C(=O)Nc2ccc(Cl)c(N=C3NN(c4c(Cl)cc(Cl)cc4Cl)C(=O)C3N=Nc3ccc(OC)c(OC)c3)c2)ccc1O. The Morgan fingerprint density at radius 2 is 1.67 bits per heavy atom. The summed E-state index contributed by atoms with van der Waals surface area (Å²) >= 11 is 25.6. The number of nitrogens with one attached hydrogen (secondary N) is 2. The van der Waals surface area contributed by atoms with Gasteiger partial charge in [-0.3, -0.25) is 15.0 Å². The molecule has 1 fully saturated rings. The monoisotopic (exact) mass is 772 g/mol. The Morgan fingerprint density at radius 1 is 0.941 bits per heavy atom. The van der Waals surface area contributed by atoms with E-state index in [1.54, 1.807) is 42.5 Å². The van der Waals surface area contributed by atoms with E-state index in [0.717, 1.165) is 5.01 Å². The largest absolute Gasteiger partial charge is 0.508 e. The van der Waals surface area contributed by atoms with Crippen LogP contribution in [0.5, 0.6) is 23.0 Å². The second-order valence-corrected chi connectivity index (χ2v) is 12.6. The molecule has 51 heavy (non-hydrogen) atoms. The summed E-state index contributed by atoms with van der Waals surface area (Å²) in [7, 11) is 2.99.